The van der Waals surface area contributed by atoms with Gasteiger partial charge in [-0.3, -0.25) is 4.79 Å². The number of hydrogen-bond acceptors (Lipinski definition) is 3. The fourth-order valence-corrected chi connectivity index (χ4v) is 13.5. The first-order valence-electron chi connectivity index (χ1n) is 19.2. The predicted molar refractivity (Wildman–Crippen MR) is 201 cm³/mol. The maximum Gasteiger partial charge on any atom is 0.335 e. The van der Waals surface area contributed by atoms with Crippen LogP contribution in [0.1, 0.15) is 122 Å². The quantitative estimate of drug-likeness (QED) is 0.271. The summed E-state index contributed by atoms with van der Waals surface area (Å²) in [5.74, 6) is 1.93. The molecule has 268 valence electrons. The van der Waals surface area contributed by atoms with Crippen molar-refractivity contribution in [3.8, 4) is 0 Å². The Morgan fingerprint density at radius 3 is 2.20 bits per heavy atom. The van der Waals surface area contributed by atoms with E-state index in [1.54, 1.807) is 12.1 Å². The van der Waals surface area contributed by atoms with Crippen LogP contribution in [-0.4, -0.2) is 42.5 Å². The number of carbonyl (C=O) groups is 2. The number of nitrogens with zero attached hydrogens (tertiary/aromatic N) is 1. The smallest absolute Gasteiger partial charge is 0.335 e. The normalized spacial score (nSPS) is 39.8. The van der Waals surface area contributed by atoms with Crippen molar-refractivity contribution in [3.05, 3.63) is 65.9 Å². The molecular formula is C44H64N2O3. The summed E-state index contributed by atoms with van der Waals surface area (Å²) >= 11 is 0. The number of benzene rings is 1. The molecule has 1 aromatic carbocycles. The number of rotatable bonds is 8. The second-order valence-electron chi connectivity index (χ2n) is 18.9. The van der Waals surface area contributed by atoms with Crippen molar-refractivity contribution in [1.82, 2.24) is 10.2 Å². The zero-order valence-corrected chi connectivity index (χ0v) is 32.0. The second kappa shape index (κ2) is 12.2. The molecule has 1 amide bonds. The zero-order chi connectivity index (χ0) is 35.9. The Morgan fingerprint density at radius 1 is 0.918 bits per heavy atom. The number of nitrogens with one attached hydrogen (secondary N) is 1. The first-order chi connectivity index (χ1) is 22.8. The highest BCUT2D eigenvalue weighted by atomic mass is 16.4. The van der Waals surface area contributed by atoms with Gasteiger partial charge in [-0.25, -0.2) is 4.79 Å². The highest BCUT2D eigenvalue weighted by molar-refractivity contribution is 5.88. The van der Waals surface area contributed by atoms with Gasteiger partial charge in [0.2, 0.25) is 5.91 Å². The molecule has 2 N–H and O–H groups in total. The molecule has 0 bridgehead atoms. The van der Waals surface area contributed by atoms with E-state index in [1.165, 1.54) is 36.8 Å². The number of fused-ring (bicyclic) bond motifs is 7. The lowest BCUT2D eigenvalue weighted by atomic mass is 9.32. The highest BCUT2D eigenvalue weighted by Crippen LogP contribution is 2.77. The molecule has 10 atom stereocenters. The molecule has 49 heavy (non-hydrogen) atoms. The third-order valence-electron chi connectivity index (χ3n) is 16.0. The van der Waals surface area contributed by atoms with Gasteiger partial charge in [0, 0.05) is 18.2 Å². The van der Waals surface area contributed by atoms with Gasteiger partial charge in [-0.05, 0) is 153 Å². The number of carbonyl (C=O) groups excluding carboxylic acids is 1. The molecule has 5 heteroatoms. The molecule has 0 radical (unpaired) electrons. The van der Waals surface area contributed by atoms with E-state index in [4.69, 9.17) is 0 Å². The van der Waals surface area contributed by atoms with Crippen LogP contribution in [0.25, 0.3) is 5.57 Å². The molecule has 0 spiro atoms. The van der Waals surface area contributed by atoms with Gasteiger partial charge in [0.05, 0.1) is 11.0 Å². The number of hydrogen-bond donors (Lipinski definition) is 2. The molecule has 0 saturated heterocycles. The number of carboxylic acids is 1. The van der Waals surface area contributed by atoms with E-state index in [1.807, 2.05) is 12.1 Å². The van der Waals surface area contributed by atoms with Crippen LogP contribution < -0.4 is 5.32 Å². The van der Waals surface area contributed by atoms with Crippen LogP contribution in [0.2, 0.25) is 0 Å². The number of allylic oxidation sites excluding steroid dienone is 3. The van der Waals surface area contributed by atoms with E-state index in [0.29, 0.717) is 35.2 Å². The number of carboxylic acid groups (broad SMARTS) is 1. The summed E-state index contributed by atoms with van der Waals surface area (Å²) < 4.78 is 0. The molecule has 10 unspecified atom stereocenters. The van der Waals surface area contributed by atoms with Crippen LogP contribution in [0.5, 0.6) is 0 Å². The zero-order valence-electron chi connectivity index (χ0n) is 32.0. The van der Waals surface area contributed by atoms with E-state index in [-0.39, 0.29) is 38.9 Å². The van der Waals surface area contributed by atoms with E-state index in [9.17, 15) is 14.7 Å². The monoisotopic (exact) mass is 668 g/mol. The summed E-state index contributed by atoms with van der Waals surface area (Å²) in [5.41, 5.74) is 5.17. The van der Waals surface area contributed by atoms with Crippen molar-refractivity contribution in [1.29, 1.82) is 0 Å². The lowest BCUT2D eigenvalue weighted by molar-refractivity contribution is -0.224. The summed E-state index contributed by atoms with van der Waals surface area (Å²) in [7, 11) is 4.15. The summed E-state index contributed by atoms with van der Waals surface area (Å²) in [6.07, 6.45) is 12.5. The molecule has 5 aliphatic rings. The van der Waals surface area contributed by atoms with Gasteiger partial charge in [-0.2, -0.15) is 0 Å². The average Bonchev–Trinajstić information content (AvgIpc) is 3.42. The maximum absolute atomic E-state index is 14.6. The Kier molecular flexibility index (Phi) is 9.03. The predicted octanol–water partition coefficient (Wildman–Crippen LogP) is 9.86. The lowest BCUT2D eigenvalue weighted by Gasteiger charge is -2.72. The Morgan fingerprint density at radius 2 is 1.59 bits per heavy atom. The van der Waals surface area contributed by atoms with E-state index in [0.717, 1.165) is 49.9 Å². The van der Waals surface area contributed by atoms with Crippen molar-refractivity contribution in [2.24, 2.45) is 62.6 Å². The SMILES string of the molecule is C=C(NC(=O)C12CCC(C(=C)C)C1C1CCC3C4(C)CC=C(c5ccc(C(=O)O)cc5)C(C)(C)C4CCC3(C)C1(C)CC2)C(C)CN(C)C. The van der Waals surface area contributed by atoms with Crippen molar-refractivity contribution in [3.63, 3.8) is 0 Å². The molecule has 5 nitrogen and oxygen atoms in total. The van der Waals surface area contributed by atoms with Gasteiger partial charge in [0.15, 0.2) is 0 Å². The first-order valence-corrected chi connectivity index (χ1v) is 19.2. The average molecular weight is 669 g/mol. The third kappa shape index (κ3) is 5.34. The molecule has 1 aromatic rings. The second-order valence-corrected chi connectivity index (χ2v) is 18.9. The summed E-state index contributed by atoms with van der Waals surface area (Å²) in [5, 5.41) is 12.9. The van der Waals surface area contributed by atoms with E-state index < -0.39 is 5.97 Å². The van der Waals surface area contributed by atoms with Crippen LogP contribution in [-0.2, 0) is 4.79 Å². The summed E-state index contributed by atoms with van der Waals surface area (Å²) in [6.45, 7) is 26.9. The molecule has 0 aliphatic heterocycles. The van der Waals surface area contributed by atoms with Gasteiger partial charge < -0.3 is 15.3 Å². The van der Waals surface area contributed by atoms with E-state index in [2.05, 4.69) is 92.0 Å². The third-order valence-corrected chi connectivity index (χ3v) is 16.0. The lowest BCUT2D eigenvalue weighted by Crippen LogP contribution is -2.66. The minimum Gasteiger partial charge on any atom is -0.478 e. The maximum atomic E-state index is 14.6. The minimum absolute atomic E-state index is 0.0146. The minimum atomic E-state index is -0.875. The van der Waals surface area contributed by atoms with Crippen molar-refractivity contribution in [2.45, 2.75) is 106 Å². The van der Waals surface area contributed by atoms with Gasteiger partial charge >= 0.3 is 5.97 Å². The largest absolute Gasteiger partial charge is 0.478 e. The molecule has 0 aromatic heterocycles. The number of amides is 1. The van der Waals surface area contributed by atoms with Crippen molar-refractivity contribution >= 4 is 17.4 Å². The Hall–Kier alpha value is -2.66. The molecule has 5 aliphatic carbocycles. The topological polar surface area (TPSA) is 69.6 Å². The van der Waals surface area contributed by atoms with Crippen LogP contribution in [0.3, 0.4) is 0 Å². The Labute approximate surface area is 297 Å². The molecule has 4 fully saturated rings. The fourth-order valence-electron chi connectivity index (χ4n) is 13.5. The van der Waals surface area contributed by atoms with Crippen LogP contribution >= 0.6 is 0 Å². The molecule has 6 rings (SSSR count). The van der Waals surface area contributed by atoms with Crippen molar-refractivity contribution in [2.75, 3.05) is 20.6 Å². The standard InChI is InChI=1S/C44H64N2O3/c1-27(2)32-18-23-44(39(49)45-29(4)28(3)26-46(10)11)25-24-42(8)34(37(32)44)16-17-36-41(7)21-19-33(30-12-14-31(15-13-30)38(47)48)40(5,6)35(41)20-22-43(36,42)9/h12-15,19,28,32,34-37H,1,4,16-18,20-26H2,2-3,5-11H3,(H,45,49)(H,47,48). The first kappa shape index (κ1) is 36.1. The summed E-state index contributed by atoms with van der Waals surface area (Å²) in [4.78, 5) is 28.3. The highest BCUT2D eigenvalue weighted by Gasteiger charge is 2.71. The van der Waals surface area contributed by atoms with Gasteiger partial charge in [-0.15, -0.1) is 0 Å². The van der Waals surface area contributed by atoms with Crippen LogP contribution in [0.4, 0.5) is 0 Å². The fraction of sp³-hybridized carbons (Fsp3) is 0.682. The summed E-state index contributed by atoms with van der Waals surface area (Å²) in [6, 6.07) is 7.54. The molecule has 0 heterocycles. The molecule has 4 saturated carbocycles. The van der Waals surface area contributed by atoms with Crippen molar-refractivity contribution < 1.29 is 14.7 Å². The number of aromatic carboxylic acids is 1. The van der Waals surface area contributed by atoms with Crippen LogP contribution in [0.15, 0.2) is 54.8 Å². The van der Waals surface area contributed by atoms with Gasteiger partial charge in [0.1, 0.15) is 0 Å². The van der Waals surface area contributed by atoms with Gasteiger partial charge in [-0.1, -0.05) is 78.5 Å². The Balaban J connectivity index is 1.32. The Bertz CT molecular complexity index is 1550. The van der Waals surface area contributed by atoms with Gasteiger partial charge in [0.25, 0.3) is 0 Å². The molecular weight excluding hydrogens is 604 g/mol. The van der Waals surface area contributed by atoms with E-state index >= 15 is 0 Å². The van der Waals surface area contributed by atoms with Crippen LogP contribution in [0, 0.1) is 62.6 Å².